The molecule has 4 aliphatic heterocycles. The minimum atomic E-state index is 0.722. The predicted octanol–water partition coefficient (Wildman–Crippen LogP) is 10.3. The summed E-state index contributed by atoms with van der Waals surface area (Å²) in [6.07, 6.45) is 5.66. The Hall–Kier alpha value is -1.20. The Labute approximate surface area is 244 Å². The normalized spacial score (nSPS) is 30.4. The summed E-state index contributed by atoms with van der Waals surface area (Å²) in [6, 6.07) is 31.4. The Kier molecular flexibility index (Phi) is 7.95. The van der Waals surface area contributed by atoms with Crippen molar-refractivity contribution in [2.24, 2.45) is 11.8 Å². The van der Waals surface area contributed by atoms with Crippen LogP contribution in [0.25, 0.3) is 21.5 Å². The molecule has 196 valence electrons. The first kappa shape index (κ1) is 25.7. The quantitative estimate of drug-likeness (QED) is 0.234. The van der Waals surface area contributed by atoms with Gasteiger partial charge >= 0.3 is 0 Å². The maximum Gasteiger partial charge on any atom is 0.0342 e. The molecule has 0 nitrogen and oxygen atoms in total. The summed E-state index contributed by atoms with van der Waals surface area (Å²) in [5.74, 6) is 7.21. The Balaban J connectivity index is 0.000000127. The molecule has 38 heavy (non-hydrogen) atoms. The van der Waals surface area contributed by atoms with Crippen molar-refractivity contribution in [3.05, 3.63) is 96.1 Å². The van der Waals surface area contributed by atoms with Gasteiger partial charge in [-0.1, -0.05) is 84.9 Å². The molecule has 0 unspecified atom stereocenters. The van der Waals surface area contributed by atoms with Crippen LogP contribution in [0.5, 0.6) is 0 Å². The predicted molar refractivity (Wildman–Crippen MR) is 176 cm³/mol. The molecule has 4 saturated heterocycles. The second-order valence-electron chi connectivity index (χ2n) is 11.0. The van der Waals surface area contributed by atoms with E-state index in [-0.39, 0.29) is 0 Å². The number of hydrogen-bond acceptors (Lipinski definition) is 4. The van der Waals surface area contributed by atoms with Gasteiger partial charge in [0.15, 0.2) is 0 Å². The van der Waals surface area contributed by atoms with Gasteiger partial charge in [0.05, 0.1) is 0 Å². The maximum atomic E-state index is 2.37. The van der Waals surface area contributed by atoms with E-state index in [0.29, 0.717) is 0 Å². The monoisotopic (exact) mass is 572 g/mol. The zero-order chi connectivity index (χ0) is 25.3. The molecule has 4 aromatic rings. The van der Waals surface area contributed by atoms with Gasteiger partial charge in [-0.2, -0.15) is 47.0 Å². The van der Waals surface area contributed by atoms with E-state index in [1.54, 1.807) is 11.1 Å². The van der Waals surface area contributed by atoms with Gasteiger partial charge in [0.1, 0.15) is 0 Å². The SMILES string of the molecule is c1ccc2c([C@@H]3SCC[C@@H]4SCC[C@@H]43)cccc2c1.c1ccc2c([C@H]3SCC[C@H]4SCC[C@@H]34)cccc2c1. The van der Waals surface area contributed by atoms with Crippen LogP contribution in [0.15, 0.2) is 84.9 Å². The molecule has 4 heterocycles. The molecule has 0 N–H and O–H groups in total. The van der Waals surface area contributed by atoms with Crippen molar-refractivity contribution >= 4 is 68.6 Å². The maximum absolute atomic E-state index is 2.37. The summed E-state index contributed by atoms with van der Waals surface area (Å²) < 4.78 is 0. The summed E-state index contributed by atoms with van der Waals surface area (Å²) in [7, 11) is 0. The molecule has 4 fully saturated rings. The van der Waals surface area contributed by atoms with Gasteiger partial charge in [-0.25, -0.2) is 0 Å². The molecule has 4 aromatic carbocycles. The van der Waals surface area contributed by atoms with Crippen molar-refractivity contribution in [1.82, 2.24) is 0 Å². The fourth-order valence-electron chi connectivity index (χ4n) is 7.12. The van der Waals surface area contributed by atoms with Gasteiger partial charge in [-0.15, -0.1) is 0 Å². The Bertz CT molecular complexity index is 1280. The molecule has 0 radical (unpaired) electrons. The Morgan fingerprint density at radius 1 is 0.421 bits per heavy atom. The zero-order valence-electron chi connectivity index (χ0n) is 21.8. The number of thioether (sulfide) groups is 4. The van der Waals surface area contributed by atoms with Crippen LogP contribution >= 0.6 is 47.0 Å². The smallest absolute Gasteiger partial charge is 0.0342 e. The van der Waals surface area contributed by atoms with E-state index in [4.69, 9.17) is 0 Å². The van der Waals surface area contributed by atoms with Crippen LogP contribution in [-0.2, 0) is 0 Å². The van der Waals surface area contributed by atoms with Crippen LogP contribution in [0.4, 0.5) is 0 Å². The average Bonchev–Trinajstić information content (AvgIpc) is 3.67. The van der Waals surface area contributed by atoms with E-state index in [2.05, 4.69) is 132 Å². The topological polar surface area (TPSA) is 0 Å². The highest BCUT2D eigenvalue weighted by Crippen LogP contribution is 2.54. The van der Waals surface area contributed by atoms with Crippen LogP contribution in [0.1, 0.15) is 47.3 Å². The highest BCUT2D eigenvalue weighted by atomic mass is 32.2. The molecular weight excluding hydrogens is 537 g/mol. The summed E-state index contributed by atoms with van der Waals surface area (Å²) in [5.41, 5.74) is 3.17. The number of rotatable bonds is 2. The van der Waals surface area contributed by atoms with Gasteiger partial charge in [-0.05, 0) is 93.2 Å². The second-order valence-corrected chi connectivity index (χ2v) is 16.2. The van der Waals surface area contributed by atoms with Gasteiger partial charge in [0.2, 0.25) is 0 Å². The van der Waals surface area contributed by atoms with Crippen molar-refractivity contribution in [3.8, 4) is 0 Å². The second kappa shape index (κ2) is 11.7. The molecule has 4 aliphatic rings. The fraction of sp³-hybridized carbons (Fsp3) is 0.412. The van der Waals surface area contributed by atoms with Crippen LogP contribution in [-0.4, -0.2) is 33.5 Å². The number of benzene rings is 4. The zero-order valence-corrected chi connectivity index (χ0v) is 25.1. The minimum Gasteiger partial charge on any atom is -0.158 e. The fourth-order valence-corrected chi connectivity index (χ4v) is 13.9. The molecule has 0 bridgehead atoms. The van der Waals surface area contributed by atoms with Crippen molar-refractivity contribution < 1.29 is 0 Å². The summed E-state index contributed by atoms with van der Waals surface area (Å²) in [6.45, 7) is 0. The molecular formula is C34H36S4. The minimum absolute atomic E-state index is 0.722. The molecule has 0 saturated carbocycles. The third-order valence-corrected chi connectivity index (χ3v) is 14.8. The average molecular weight is 573 g/mol. The van der Waals surface area contributed by atoms with Gasteiger partial charge in [0, 0.05) is 21.0 Å². The van der Waals surface area contributed by atoms with Crippen molar-refractivity contribution in [3.63, 3.8) is 0 Å². The number of hydrogen-bond donors (Lipinski definition) is 0. The van der Waals surface area contributed by atoms with Crippen LogP contribution < -0.4 is 0 Å². The first-order valence-corrected chi connectivity index (χ1v) is 18.5. The van der Waals surface area contributed by atoms with Gasteiger partial charge < -0.3 is 0 Å². The standard InChI is InChI=1S/2C17H18S2/c2*1-2-6-13-12(4-1)5-3-7-14(13)17-15-8-10-18-16(15)9-11-19-17/h2*1-7,15-17H,8-11H2/t2*15-,16-,17-/m10/s1. The lowest BCUT2D eigenvalue weighted by atomic mass is 9.89. The highest BCUT2D eigenvalue weighted by Gasteiger charge is 2.39. The van der Waals surface area contributed by atoms with E-state index >= 15 is 0 Å². The molecule has 0 spiro atoms. The van der Waals surface area contributed by atoms with Crippen LogP contribution in [0, 0.1) is 11.8 Å². The molecule has 0 aromatic heterocycles. The first-order chi connectivity index (χ1) is 18.9. The van der Waals surface area contributed by atoms with E-state index in [1.807, 2.05) is 0 Å². The third kappa shape index (κ3) is 5.04. The van der Waals surface area contributed by atoms with Crippen LogP contribution in [0.3, 0.4) is 0 Å². The van der Waals surface area contributed by atoms with E-state index in [9.17, 15) is 0 Å². The lowest BCUT2D eigenvalue weighted by molar-refractivity contribution is 0.482. The number of fused-ring (bicyclic) bond motifs is 4. The van der Waals surface area contributed by atoms with Crippen molar-refractivity contribution in [2.45, 2.75) is 46.7 Å². The lowest BCUT2D eigenvalue weighted by Gasteiger charge is -2.33. The third-order valence-electron chi connectivity index (χ3n) is 8.96. The van der Waals surface area contributed by atoms with Crippen molar-refractivity contribution in [2.75, 3.05) is 23.0 Å². The summed E-state index contributed by atoms with van der Waals surface area (Å²) in [4.78, 5) is 0. The van der Waals surface area contributed by atoms with Crippen molar-refractivity contribution in [1.29, 1.82) is 0 Å². The van der Waals surface area contributed by atoms with E-state index < -0.39 is 0 Å². The molecule has 8 rings (SSSR count). The largest absolute Gasteiger partial charge is 0.158 e. The van der Waals surface area contributed by atoms with Gasteiger partial charge in [-0.3, -0.25) is 0 Å². The summed E-state index contributed by atoms with van der Waals surface area (Å²) in [5, 5.41) is 9.02. The first-order valence-electron chi connectivity index (χ1n) is 14.3. The molecule has 4 heteroatoms. The van der Waals surface area contributed by atoms with E-state index in [0.717, 1.165) is 32.8 Å². The van der Waals surface area contributed by atoms with Crippen LogP contribution in [0.2, 0.25) is 0 Å². The lowest BCUT2D eigenvalue weighted by Crippen LogP contribution is -2.24. The van der Waals surface area contributed by atoms with Gasteiger partial charge in [0.25, 0.3) is 0 Å². The molecule has 6 atom stereocenters. The Morgan fingerprint density at radius 2 is 0.842 bits per heavy atom. The highest BCUT2D eigenvalue weighted by molar-refractivity contribution is 8.02. The Morgan fingerprint density at radius 3 is 1.34 bits per heavy atom. The summed E-state index contributed by atoms with van der Waals surface area (Å²) >= 11 is 8.82. The molecule has 0 aliphatic carbocycles. The van der Waals surface area contributed by atoms with E-state index in [1.165, 1.54) is 70.2 Å². The molecule has 0 amide bonds.